The minimum atomic E-state index is 0.229. The Morgan fingerprint density at radius 2 is 2.08 bits per heavy atom. The average molecular weight is 188 g/mol. The molecule has 3 heteroatoms. The first kappa shape index (κ1) is 12.0. The standard InChI is InChI=1S/C9H20N2S/c1-7(2)5-9(10)6-11-8(3)12-4/h7,9H,5-6,10H2,1-4H3. The summed E-state index contributed by atoms with van der Waals surface area (Å²) < 4.78 is 0. The van der Waals surface area contributed by atoms with Crippen LogP contribution in [0.4, 0.5) is 0 Å². The highest BCUT2D eigenvalue weighted by molar-refractivity contribution is 8.13. The Morgan fingerprint density at radius 3 is 2.50 bits per heavy atom. The normalized spacial score (nSPS) is 15.3. The van der Waals surface area contributed by atoms with E-state index in [2.05, 4.69) is 18.8 Å². The van der Waals surface area contributed by atoms with Gasteiger partial charge >= 0.3 is 0 Å². The molecule has 1 unspecified atom stereocenters. The van der Waals surface area contributed by atoms with Gasteiger partial charge in [-0.15, -0.1) is 11.8 Å². The molecule has 2 nitrogen and oxygen atoms in total. The smallest absolute Gasteiger partial charge is 0.0642 e. The third kappa shape index (κ3) is 6.68. The van der Waals surface area contributed by atoms with Crippen LogP contribution in [0.1, 0.15) is 27.2 Å². The Kier molecular flexibility index (Phi) is 6.48. The highest BCUT2D eigenvalue weighted by Crippen LogP contribution is 2.04. The topological polar surface area (TPSA) is 38.4 Å². The van der Waals surface area contributed by atoms with E-state index in [9.17, 15) is 0 Å². The SMILES string of the molecule is CSC(C)=NCC(N)CC(C)C. The van der Waals surface area contributed by atoms with Crippen LogP contribution in [0.5, 0.6) is 0 Å². The predicted molar refractivity (Wildman–Crippen MR) is 58.9 cm³/mol. The molecule has 2 N–H and O–H groups in total. The molecular weight excluding hydrogens is 168 g/mol. The van der Waals surface area contributed by atoms with Gasteiger partial charge in [0.2, 0.25) is 0 Å². The minimum Gasteiger partial charge on any atom is -0.326 e. The fourth-order valence-corrected chi connectivity index (χ4v) is 1.19. The molecule has 12 heavy (non-hydrogen) atoms. The zero-order valence-electron chi connectivity index (χ0n) is 8.50. The van der Waals surface area contributed by atoms with Gasteiger partial charge in [-0.1, -0.05) is 13.8 Å². The van der Waals surface area contributed by atoms with Crippen molar-refractivity contribution in [2.75, 3.05) is 12.8 Å². The molecule has 0 fully saturated rings. The fourth-order valence-electron chi connectivity index (χ4n) is 0.990. The van der Waals surface area contributed by atoms with E-state index in [1.165, 1.54) is 0 Å². The van der Waals surface area contributed by atoms with E-state index in [4.69, 9.17) is 5.73 Å². The molecule has 0 saturated carbocycles. The van der Waals surface area contributed by atoms with Crippen LogP contribution in [0.3, 0.4) is 0 Å². The first-order valence-corrected chi connectivity index (χ1v) is 5.59. The lowest BCUT2D eigenvalue weighted by Gasteiger charge is -2.11. The van der Waals surface area contributed by atoms with Gasteiger partial charge in [0.25, 0.3) is 0 Å². The molecule has 0 aliphatic heterocycles. The van der Waals surface area contributed by atoms with Crippen molar-refractivity contribution in [2.45, 2.75) is 33.2 Å². The summed E-state index contributed by atoms with van der Waals surface area (Å²) in [5.74, 6) is 0.671. The molecule has 0 heterocycles. The van der Waals surface area contributed by atoms with Crippen LogP contribution in [0.2, 0.25) is 0 Å². The second-order valence-corrected chi connectivity index (χ2v) is 4.45. The number of hydrogen-bond acceptors (Lipinski definition) is 3. The van der Waals surface area contributed by atoms with Gasteiger partial charge < -0.3 is 5.73 Å². The van der Waals surface area contributed by atoms with Crippen LogP contribution >= 0.6 is 11.8 Å². The van der Waals surface area contributed by atoms with E-state index in [1.807, 2.05) is 13.2 Å². The maximum Gasteiger partial charge on any atom is 0.0642 e. The number of nitrogens with two attached hydrogens (primary N) is 1. The molecule has 0 radical (unpaired) electrons. The van der Waals surface area contributed by atoms with E-state index in [0.29, 0.717) is 5.92 Å². The van der Waals surface area contributed by atoms with Crippen molar-refractivity contribution in [1.82, 2.24) is 0 Å². The Balaban J connectivity index is 3.62. The van der Waals surface area contributed by atoms with Crippen LogP contribution < -0.4 is 5.73 Å². The maximum absolute atomic E-state index is 5.86. The molecule has 0 saturated heterocycles. The summed E-state index contributed by atoms with van der Waals surface area (Å²) in [6.45, 7) is 7.16. The molecule has 0 aromatic heterocycles. The van der Waals surface area contributed by atoms with E-state index in [-0.39, 0.29) is 6.04 Å². The van der Waals surface area contributed by atoms with Gasteiger partial charge in [-0.3, -0.25) is 4.99 Å². The number of nitrogens with zero attached hydrogens (tertiary/aromatic N) is 1. The molecule has 0 aliphatic rings. The number of rotatable bonds is 4. The largest absolute Gasteiger partial charge is 0.326 e. The number of aliphatic imine (C=N–C) groups is 1. The fraction of sp³-hybridized carbons (Fsp3) is 0.889. The number of thioether (sulfide) groups is 1. The second-order valence-electron chi connectivity index (χ2n) is 3.45. The number of hydrogen-bond donors (Lipinski definition) is 1. The first-order valence-electron chi connectivity index (χ1n) is 4.36. The minimum absolute atomic E-state index is 0.229. The summed E-state index contributed by atoms with van der Waals surface area (Å²) >= 11 is 1.68. The Bertz CT molecular complexity index is 143. The monoisotopic (exact) mass is 188 g/mol. The highest BCUT2D eigenvalue weighted by Gasteiger charge is 2.03. The molecule has 1 atom stereocenters. The summed E-state index contributed by atoms with van der Waals surface area (Å²) in [5, 5.41) is 1.12. The van der Waals surface area contributed by atoms with Gasteiger partial charge in [-0.2, -0.15) is 0 Å². The van der Waals surface area contributed by atoms with Gasteiger partial charge in [0, 0.05) is 6.04 Å². The molecular formula is C9H20N2S. The van der Waals surface area contributed by atoms with Gasteiger partial charge in [0.05, 0.1) is 11.6 Å². The first-order chi connectivity index (χ1) is 5.56. The van der Waals surface area contributed by atoms with Crippen LogP contribution in [0.25, 0.3) is 0 Å². The third-order valence-corrected chi connectivity index (χ3v) is 2.34. The van der Waals surface area contributed by atoms with Crippen molar-refractivity contribution in [3.05, 3.63) is 0 Å². The molecule has 0 spiro atoms. The lowest BCUT2D eigenvalue weighted by molar-refractivity contribution is 0.502. The van der Waals surface area contributed by atoms with Crippen LogP contribution in [0, 0.1) is 5.92 Å². The summed E-state index contributed by atoms with van der Waals surface area (Å²) in [5.41, 5.74) is 5.86. The van der Waals surface area contributed by atoms with Gasteiger partial charge in [0.15, 0.2) is 0 Å². The summed E-state index contributed by atoms with van der Waals surface area (Å²) in [7, 11) is 0. The zero-order chi connectivity index (χ0) is 9.56. The Labute approximate surface area is 80.0 Å². The van der Waals surface area contributed by atoms with E-state index >= 15 is 0 Å². The van der Waals surface area contributed by atoms with Crippen LogP contribution in [-0.4, -0.2) is 23.9 Å². The zero-order valence-corrected chi connectivity index (χ0v) is 9.32. The quantitative estimate of drug-likeness (QED) is 0.542. The van der Waals surface area contributed by atoms with Crippen molar-refractivity contribution < 1.29 is 0 Å². The van der Waals surface area contributed by atoms with Crippen molar-refractivity contribution >= 4 is 16.8 Å². The van der Waals surface area contributed by atoms with Crippen molar-refractivity contribution in [2.24, 2.45) is 16.6 Å². The second kappa shape index (κ2) is 6.49. The molecule has 0 bridgehead atoms. The Morgan fingerprint density at radius 1 is 1.50 bits per heavy atom. The van der Waals surface area contributed by atoms with Gasteiger partial charge in [0.1, 0.15) is 0 Å². The molecule has 72 valence electrons. The van der Waals surface area contributed by atoms with Crippen molar-refractivity contribution in [3.8, 4) is 0 Å². The Hall–Kier alpha value is -0.0200. The molecule has 0 aromatic carbocycles. The lowest BCUT2D eigenvalue weighted by Crippen LogP contribution is -2.25. The van der Waals surface area contributed by atoms with E-state index in [1.54, 1.807) is 11.8 Å². The maximum atomic E-state index is 5.86. The van der Waals surface area contributed by atoms with Crippen molar-refractivity contribution in [1.29, 1.82) is 0 Å². The van der Waals surface area contributed by atoms with Gasteiger partial charge in [-0.25, -0.2) is 0 Å². The third-order valence-electron chi connectivity index (χ3n) is 1.62. The predicted octanol–water partition coefficient (Wildman–Crippen LogP) is 2.14. The van der Waals surface area contributed by atoms with E-state index < -0.39 is 0 Å². The summed E-state index contributed by atoms with van der Waals surface area (Å²) in [6.07, 6.45) is 3.10. The van der Waals surface area contributed by atoms with Crippen molar-refractivity contribution in [3.63, 3.8) is 0 Å². The summed E-state index contributed by atoms with van der Waals surface area (Å²) in [4.78, 5) is 4.35. The highest BCUT2D eigenvalue weighted by atomic mass is 32.2. The van der Waals surface area contributed by atoms with E-state index in [0.717, 1.165) is 18.0 Å². The summed E-state index contributed by atoms with van der Waals surface area (Å²) in [6, 6.07) is 0.229. The van der Waals surface area contributed by atoms with Crippen LogP contribution in [-0.2, 0) is 0 Å². The van der Waals surface area contributed by atoms with Gasteiger partial charge in [-0.05, 0) is 25.5 Å². The molecule has 0 aliphatic carbocycles. The molecule has 0 rings (SSSR count). The molecule has 0 aromatic rings. The van der Waals surface area contributed by atoms with Crippen LogP contribution in [0.15, 0.2) is 4.99 Å². The average Bonchev–Trinajstić information content (AvgIpc) is 1.99. The molecule has 0 amide bonds. The lowest BCUT2D eigenvalue weighted by atomic mass is 10.1.